The minimum absolute atomic E-state index is 0.00395. The van der Waals surface area contributed by atoms with Crippen molar-refractivity contribution in [2.24, 2.45) is 0 Å². The van der Waals surface area contributed by atoms with Crippen LogP contribution in [0.4, 0.5) is 0 Å². The highest BCUT2D eigenvalue weighted by molar-refractivity contribution is 8.01. The van der Waals surface area contributed by atoms with Crippen LogP contribution in [0.5, 0.6) is 0 Å². The first-order chi connectivity index (χ1) is 17.4. The third-order valence-corrected chi connectivity index (χ3v) is 6.86. The summed E-state index contributed by atoms with van der Waals surface area (Å²) in [6.07, 6.45) is -8.30. The summed E-state index contributed by atoms with van der Waals surface area (Å²) in [5, 5.41) is -1.09. The second-order valence-electron chi connectivity index (χ2n) is 8.44. The van der Waals surface area contributed by atoms with E-state index in [0.717, 1.165) is 39.5 Å². The van der Waals surface area contributed by atoms with E-state index in [1.807, 2.05) is 0 Å². The van der Waals surface area contributed by atoms with Gasteiger partial charge in [0.25, 0.3) is 0 Å². The fraction of sp³-hybridized carbons (Fsp3) is 0.727. The van der Waals surface area contributed by atoms with Crippen molar-refractivity contribution in [1.82, 2.24) is 0 Å². The molecule has 0 aromatic rings. The lowest BCUT2D eigenvalue weighted by Gasteiger charge is -2.45. The lowest BCUT2D eigenvalue weighted by molar-refractivity contribution is -0.237. The molecule has 37 heavy (non-hydrogen) atoms. The fourth-order valence-electron chi connectivity index (χ4n) is 4.15. The van der Waals surface area contributed by atoms with E-state index in [-0.39, 0.29) is 6.61 Å². The van der Waals surface area contributed by atoms with Gasteiger partial charge in [-0.2, -0.15) is 0 Å². The largest absolute Gasteiger partial charge is 0.463 e. The maximum absolute atomic E-state index is 13.1. The summed E-state index contributed by atoms with van der Waals surface area (Å²) in [6.45, 7) is 5.22. The molecule has 0 amide bonds. The van der Waals surface area contributed by atoms with Crippen molar-refractivity contribution in [2.45, 2.75) is 88.2 Å². The number of Topliss-reactive ketones (excluding diaryl/α,β-unsaturated/α-hetero) is 1. The van der Waals surface area contributed by atoms with Crippen LogP contribution in [0.1, 0.15) is 34.6 Å². The summed E-state index contributed by atoms with van der Waals surface area (Å²) in [5.41, 5.74) is -1.23. The Balaban J connectivity index is 1.99. The van der Waals surface area contributed by atoms with Crippen LogP contribution in [-0.2, 0) is 66.7 Å². The van der Waals surface area contributed by atoms with Gasteiger partial charge in [0, 0.05) is 34.6 Å². The smallest absolute Gasteiger partial charge is 0.303 e. The Morgan fingerprint density at radius 1 is 0.757 bits per heavy atom. The Bertz CT molecular complexity index is 936. The maximum Gasteiger partial charge on any atom is 0.303 e. The number of thioether (sulfide) groups is 1. The Labute approximate surface area is 215 Å². The van der Waals surface area contributed by atoms with Gasteiger partial charge in [-0.25, -0.2) is 0 Å². The van der Waals surface area contributed by atoms with Crippen LogP contribution in [0.25, 0.3) is 0 Å². The molecule has 2 bridgehead atoms. The fourth-order valence-corrected chi connectivity index (χ4v) is 5.64. The molecule has 0 saturated carbocycles. The van der Waals surface area contributed by atoms with E-state index in [1.165, 1.54) is 6.92 Å². The van der Waals surface area contributed by atoms with Gasteiger partial charge in [0.15, 0.2) is 18.3 Å². The van der Waals surface area contributed by atoms with E-state index in [2.05, 4.69) is 0 Å². The van der Waals surface area contributed by atoms with Gasteiger partial charge in [0.05, 0.1) is 6.61 Å². The Kier molecular flexibility index (Phi) is 9.50. The molecular weight excluding hydrogens is 520 g/mol. The lowest BCUT2D eigenvalue weighted by atomic mass is 9.99. The van der Waals surface area contributed by atoms with E-state index >= 15 is 0 Å². The first-order valence-electron chi connectivity index (χ1n) is 11.3. The van der Waals surface area contributed by atoms with Crippen molar-refractivity contribution >= 4 is 47.4 Å². The number of esters is 5. The van der Waals surface area contributed by atoms with Crippen LogP contribution in [0.15, 0.2) is 0 Å². The third kappa shape index (κ3) is 7.18. The zero-order valence-corrected chi connectivity index (χ0v) is 21.6. The van der Waals surface area contributed by atoms with E-state index in [9.17, 15) is 28.8 Å². The zero-order chi connectivity index (χ0) is 27.4. The van der Waals surface area contributed by atoms with Crippen LogP contribution >= 0.6 is 11.8 Å². The molecule has 0 N–H and O–H groups in total. The van der Waals surface area contributed by atoms with Gasteiger partial charge in [-0.15, -0.1) is 11.8 Å². The minimum Gasteiger partial charge on any atom is -0.463 e. The summed E-state index contributed by atoms with van der Waals surface area (Å²) < 4.78 is 43.4. The molecule has 0 radical (unpaired) electrons. The van der Waals surface area contributed by atoms with Gasteiger partial charge >= 0.3 is 29.8 Å². The Morgan fingerprint density at radius 3 is 1.86 bits per heavy atom. The van der Waals surface area contributed by atoms with Gasteiger partial charge in [0.1, 0.15) is 35.6 Å². The highest BCUT2D eigenvalue weighted by Gasteiger charge is 2.57. The van der Waals surface area contributed by atoms with Crippen molar-refractivity contribution < 1.29 is 66.7 Å². The maximum atomic E-state index is 13.1. The molecule has 0 unspecified atom stereocenters. The molecule has 3 rings (SSSR count). The molecule has 0 aliphatic carbocycles. The summed E-state index contributed by atoms with van der Waals surface area (Å²) in [7, 11) is 0. The Morgan fingerprint density at radius 2 is 1.30 bits per heavy atom. The number of ketones is 1. The molecule has 0 aromatic carbocycles. The van der Waals surface area contributed by atoms with E-state index in [4.69, 9.17) is 37.9 Å². The number of rotatable bonds is 8. The van der Waals surface area contributed by atoms with Crippen LogP contribution in [0, 0.1) is 0 Å². The van der Waals surface area contributed by atoms with Crippen molar-refractivity contribution in [3.8, 4) is 0 Å². The van der Waals surface area contributed by atoms with Crippen LogP contribution in [0.2, 0.25) is 0 Å². The normalized spacial score (nSPS) is 34.7. The molecule has 3 heterocycles. The van der Waals surface area contributed by atoms with Gasteiger partial charge in [-0.05, 0) is 0 Å². The van der Waals surface area contributed by atoms with E-state index in [1.54, 1.807) is 0 Å². The molecule has 3 aliphatic heterocycles. The summed E-state index contributed by atoms with van der Waals surface area (Å²) in [5.74, 6) is -4.23. The molecular formula is C22H28O14S. The molecule has 9 atom stereocenters. The lowest BCUT2D eigenvalue weighted by Crippen LogP contribution is -2.62. The average molecular weight is 549 g/mol. The number of hydrogen-bond donors (Lipinski definition) is 0. The predicted octanol–water partition coefficient (Wildman–Crippen LogP) is -0.573. The van der Waals surface area contributed by atoms with Gasteiger partial charge in [-0.3, -0.25) is 28.8 Å². The molecule has 3 aliphatic rings. The van der Waals surface area contributed by atoms with Gasteiger partial charge < -0.3 is 37.9 Å². The highest BCUT2D eigenvalue weighted by atomic mass is 32.2. The van der Waals surface area contributed by atoms with Crippen molar-refractivity contribution in [1.29, 1.82) is 0 Å². The molecule has 206 valence electrons. The average Bonchev–Trinajstić information content (AvgIpc) is 3.22. The van der Waals surface area contributed by atoms with E-state index in [0.29, 0.717) is 0 Å². The zero-order valence-electron chi connectivity index (χ0n) is 20.7. The predicted molar refractivity (Wildman–Crippen MR) is 119 cm³/mol. The third-order valence-electron chi connectivity index (χ3n) is 5.42. The van der Waals surface area contributed by atoms with Gasteiger partial charge in [0.2, 0.25) is 12.1 Å². The number of carbonyl (C=O) groups is 6. The molecule has 3 fully saturated rings. The minimum atomic E-state index is -1.40. The van der Waals surface area contributed by atoms with E-state index < -0.39 is 95.8 Å². The summed E-state index contributed by atoms with van der Waals surface area (Å²) in [6, 6.07) is 0. The molecule has 3 saturated heterocycles. The molecule has 15 heteroatoms. The number of hydrogen-bond acceptors (Lipinski definition) is 15. The molecule has 0 aromatic heterocycles. The van der Waals surface area contributed by atoms with Crippen LogP contribution < -0.4 is 0 Å². The van der Waals surface area contributed by atoms with Crippen molar-refractivity contribution in [2.75, 3.05) is 13.2 Å². The second-order valence-corrected chi connectivity index (χ2v) is 9.69. The first-order valence-corrected chi connectivity index (χ1v) is 12.3. The summed E-state index contributed by atoms with van der Waals surface area (Å²) >= 11 is 0.829. The van der Waals surface area contributed by atoms with Crippen molar-refractivity contribution in [3.05, 3.63) is 0 Å². The quantitative estimate of drug-likeness (QED) is 0.278. The monoisotopic (exact) mass is 548 g/mol. The SMILES string of the molecule is CC(=O)OC[C@H]1O[C@@H](S[C@H]2C(=O)[C@@H]3OC[C@@H](O3)[C@H]2OC(C)=O)[C@H](OC(C)=O)[C@@H](OC(C)=O)[C@@H]1OC(C)=O. The van der Waals surface area contributed by atoms with Crippen LogP contribution in [0.3, 0.4) is 0 Å². The van der Waals surface area contributed by atoms with Gasteiger partial charge in [-0.1, -0.05) is 0 Å². The topological polar surface area (TPSA) is 176 Å². The number of ether oxygens (including phenoxy) is 8. The van der Waals surface area contributed by atoms with Crippen molar-refractivity contribution in [3.63, 3.8) is 0 Å². The second kappa shape index (κ2) is 12.2. The highest BCUT2D eigenvalue weighted by Crippen LogP contribution is 2.41. The summed E-state index contributed by atoms with van der Waals surface area (Å²) in [4.78, 5) is 72.2. The standard InChI is InChI=1S/C22H28O14S/c1-8(23)29-6-13-16(31-9(2)24)18(33-11(4)26)19(34-12(5)27)22(36-13)37-20-15(28)21-30-7-14(35-21)17(20)32-10(3)25/h13-14,16-22H,6-7H2,1-5H3/t13-,14-,16-,17-,18+,19-,20+,21-,22+/m1/s1. The first kappa shape index (κ1) is 28.8. The Hall–Kier alpha value is -2.75. The molecule has 0 spiro atoms. The van der Waals surface area contributed by atoms with Crippen LogP contribution in [-0.4, -0.2) is 102 Å². The number of fused-ring (bicyclic) bond motifs is 2. The molecule has 14 nitrogen and oxygen atoms in total. The number of carbonyl (C=O) groups excluding carboxylic acids is 6.